The molecule has 1 aliphatic heterocycles. The second kappa shape index (κ2) is 10.6. The number of rotatable bonds is 4. The first-order valence-electron chi connectivity index (χ1n) is 9.93. The maximum atomic E-state index is 13.7. The number of alkyl halides is 3. The third-order valence-corrected chi connectivity index (χ3v) is 5.67. The van der Waals surface area contributed by atoms with E-state index in [2.05, 4.69) is 10.6 Å². The second-order valence-corrected chi connectivity index (χ2v) is 8.21. The van der Waals surface area contributed by atoms with E-state index >= 15 is 0 Å². The van der Waals surface area contributed by atoms with E-state index in [1.54, 1.807) is 4.90 Å². The lowest BCUT2D eigenvalue weighted by Gasteiger charge is -2.25. The molecule has 0 unspecified atom stereocenters. The molecule has 1 fully saturated rings. The molecule has 0 aliphatic carbocycles. The first kappa shape index (κ1) is 25.1. The van der Waals surface area contributed by atoms with Gasteiger partial charge in [-0.3, -0.25) is 9.69 Å². The summed E-state index contributed by atoms with van der Waals surface area (Å²) in [5.41, 5.74) is -0.901. The van der Waals surface area contributed by atoms with Crippen LogP contribution in [0.25, 0.3) is 0 Å². The largest absolute Gasteiger partial charge is 0.416 e. The standard InChI is InChI=1S/C21H20ClF5N4OS/c22-15-4-2-13(21(25,26)27)10-18(15)29-20(33)31-7-1-6-30(8-9-31)12-19(32)28-17-5-3-14(23)11-16(17)24/h2-5,10-11H,1,6-9,12H2,(H,28,32)(H,29,33). The van der Waals surface area contributed by atoms with Crippen LogP contribution in [0.1, 0.15) is 12.0 Å². The zero-order chi connectivity index (χ0) is 24.2. The van der Waals surface area contributed by atoms with Gasteiger partial charge in [-0.05, 0) is 49.0 Å². The molecule has 1 amide bonds. The summed E-state index contributed by atoms with van der Waals surface area (Å²) in [6.45, 7) is 1.93. The number of halogens is 6. The van der Waals surface area contributed by atoms with E-state index in [1.165, 1.54) is 0 Å². The van der Waals surface area contributed by atoms with Crippen LogP contribution >= 0.6 is 23.8 Å². The van der Waals surface area contributed by atoms with Crippen LogP contribution in [0.3, 0.4) is 0 Å². The van der Waals surface area contributed by atoms with Crippen molar-refractivity contribution in [2.24, 2.45) is 0 Å². The van der Waals surface area contributed by atoms with Crippen LogP contribution < -0.4 is 10.6 Å². The summed E-state index contributed by atoms with van der Waals surface area (Å²) in [6.07, 6.45) is -3.88. The van der Waals surface area contributed by atoms with Gasteiger partial charge in [0.15, 0.2) is 5.11 Å². The predicted molar refractivity (Wildman–Crippen MR) is 120 cm³/mol. The van der Waals surface area contributed by atoms with E-state index in [-0.39, 0.29) is 28.1 Å². The van der Waals surface area contributed by atoms with Gasteiger partial charge in [-0.15, -0.1) is 0 Å². The topological polar surface area (TPSA) is 47.6 Å². The number of thiocarbonyl (C=S) groups is 1. The summed E-state index contributed by atoms with van der Waals surface area (Å²) in [5, 5.41) is 5.51. The molecule has 2 aromatic rings. The Morgan fingerprint density at radius 3 is 2.45 bits per heavy atom. The van der Waals surface area contributed by atoms with Crippen LogP contribution in [0.2, 0.25) is 5.02 Å². The quantitative estimate of drug-likeness (QED) is 0.452. The van der Waals surface area contributed by atoms with E-state index in [9.17, 15) is 26.7 Å². The van der Waals surface area contributed by atoms with Crippen LogP contribution in [0.15, 0.2) is 36.4 Å². The van der Waals surface area contributed by atoms with Gasteiger partial charge in [0, 0.05) is 32.2 Å². The highest BCUT2D eigenvalue weighted by atomic mass is 35.5. The molecule has 3 rings (SSSR count). The molecule has 33 heavy (non-hydrogen) atoms. The zero-order valence-corrected chi connectivity index (χ0v) is 18.8. The summed E-state index contributed by atoms with van der Waals surface area (Å²) < 4.78 is 65.7. The van der Waals surface area contributed by atoms with Gasteiger partial charge in [0.2, 0.25) is 5.91 Å². The molecule has 1 heterocycles. The number of benzene rings is 2. The van der Waals surface area contributed by atoms with Gasteiger partial charge in [0.05, 0.1) is 28.5 Å². The number of anilines is 2. The molecule has 2 aromatic carbocycles. The maximum absolute atomic E-state index is 13.7. The minimum Gasteiger partial charge on any atom is -0.348 e. The average molecular weight is 507 g/mol. The SMILES string of the molecule is O=C(CN1CCCN(C(=S)Nc2cc(C(F)(F)F)ccc2Cl)CC1)Nc1ccc(F)cc1F. The van der Waals surface area contributed by atoms with Gasteiger partial charge < -0.3 is 15.5 Å². The Morgan fingerprint density at radius 2 is 1.76 bits per heavy atom. The number of hydrogen-bond acceptors (Lipinski definition) is 3. The van der Waals surface area contributed by atoms with Gasteiger partial charge in [-0.1, -0.05) is 11.6 Å². The van der Waals surface area contributed by atoms with Crippen LogP contribution in [-0.4, -0.2) is 53.5 Å². The summed E-state index contributed by atoms with van der Waals surface area (Å²) in [5.74, 6) is -2.06. The third-order valence-electron chi connectivity index (χ3n) is 4.98. The third kappa shape index (κ3) is 6.99. The number of nitrogens with zero attached hydrogens (tertiary/aromatic N) is 2. The Labute approximate surface area is 197 Å². The van der Waals surface area contributed by atoms with E-state index in [4.69, 9.17) is 23.8 Å². The van der Waals surface area contributed by atoms with Gasteiger partial charge >= 0.3 is 6.18 Å². The summed E-state index contributed by atoms with van der Waals surface area (Å²) in [7, 11) is 0. The molecule has 0 atom stereocenters. The van der Waals surface area contributed by atoms with E-state index < -0.39 is 29.3 Å². The van der Waals surface area contributed by atoms with E-state index in [1.807, 2.05) is 4.90 Å². The summed E-state index contributed by atoms with van der Waals surface area (Å²) >= 11 is 11.4. The van der Waals surface area contributed by atoms with Gasteiger partial charge in [0.25, 0.3) is 0 Å². The molecule has 5 nitrogen and oxygen atoms in total. The summed E-state index contributed by atoms with van der Waals surface area (Å²) in [6, 6.07) is 5.83. The van der Waals surface area contributed by atoms with E-state index in [0.29, 0.717) is 38.7 Å². The number of carbonyl (C=O) groups is 1. The van der Waals surface area contributed by atoms with E-state index in [0.717, 1.165) is 30.3 Å². The molecule has 1 saturated heterocycles. The van der Waals surface area contributed by atoms with Crippen LogP contribution in [0.4, 0.5) is 33.3 Å². The molecule has 1 aliphatic rings. The lowest BCUT2D eigenvalue weighted by molar-refractivity contribution is -0.137. The molecule has 0 radical (unpaired) electrons. The van der Waals surface area contributed by atoms with Crippen LogP contribution in [-0.2, 0) is 11.0 Å². The lowest BCUT2D eigenvalue weighted by Crippen LogP contribution is -2.39. The smallest absolute Gasteiger partial charge is 0.348 e. The fourth-order valence-corrected chi connectivity index (χ4v) is 3.76. The highest BCUT2D eigenvalue weighted by molar-refractivity contribution is 7.80. The van der Waals surface area contributed by atoms with Crippen LogP contribution in [0.5, 0.6) is 0 Å². The van der Waals surface area contributed by atoms with Gasteiger partial charge in [0.1, 0.15) is 11.6 Å². The van der Waals surface area contributed by atoms with Crippen molar-refractivity contribution in [2.45, 2.75) is 12.6 Å². The lowest BCUT2D eigenvalue weighted by atomic mass is 10.2. The van der Waals surface area contributed by atoms with Crippen molar-refractivity contribution in [3.63, 3.8) is 0 Å². The number of carbonyl (C=O) groups excluding carboxylic acids is 1. The van der Waals surface area contributed by atoms with Crippen molar-refractivity contribution < 1.29 is 26.7 Å². The Bertz CT molecular complexity index is 1040. The average Bonchev–Trinajstić information content (AvgIpc) is 2.96. The Balaban J connectivity index is 1.55. The van der Waals surface area contributed by atoms with Gasteiger partial charge in [-0.2, -0.15) is 13.2 Å². The normalized spacial score (nSPS) is 15.2. The van der Waals surface area contributed by atoms with Crippen LogP contribution in [0, 0.1) is 11.6 Å². The van der Waals surface area contributed by atoms with Gasteiger partial charge in [-0.25, -0.2) is 8.78 Å². The Kier molecular flexibility index (Phi) is 8.09. The fraction of sp³-hybridized carbons (Fsp3) is 0.333. The molecule has 2 N–H and O–H groups in total. The minimum atomic E-state index is -4.51. The number of amides is 1. The number of nitrogens with one attached hydrogen (secondary N) is 2. The highest BCUT2D eigenvalue weighted by Crippen LogP contribution is 2.34. The van der Waals surface area contributed by atoms with Crippen molar-refractivity contribution >= 4 is 46.2 Å². The first-order valence-corrected chi connectivity index (χ1v) is 10.7. The van der Waals surface area contributed by atoms with Crippen molar-refractivity contribution in [3.05, 3.63) is 58.6 Å². The predicted octanol–water partition coefficient (Wildman–Crippen LogP) is 4.98. The van der Waals surface area contributed by atoms with Crippen molar-refractivity contribution in [1.29, 1.82) is 0 Å². The van der Waals surface area contributed by atoms with Crippen molar-refractivity contribution in [3.8, 4) is 0 Å². The Hall–Kier alpha value is -2.50. The monoisotopic (exact) mass is 506 g/mol. The number of hydrogen-bond donors (Lipinski definition) is 2. The zero-order valence-electron chi connectivity index (χ0n) is 17.2. The molecule has 12 heteroatoms. The fourth-order valence-electron chi connectivity index (χ4n) is 3.31. The molecule has 0 saturated carbocycles. The molecule has 178 valence electrons. The molecular formula is C21H20ClF5N4OS. The van der Waals surface area contributed by atoms with Crippen molar-refractivity contribution in [1.82, 2.24) is 9.80 Å². The second-order valence-electron chi connectivity index (χ2n) is 7.41. The minimum absolute atomic E-state index is 0.00962. The maximum Gasteiger partial charge on any atom is 0.416 e. The molecule has 0 aromatic heterocycles. The molecule has 0 bridgehead atoms. The molecular weight excluding hydrogens is 487 g/mol. The molecule has 0 spiro atoms. The first-order chi connectivity index (χ1) is 15.5. The highest BCUT2D eigenvalue weighted by Gasteiger charge is 2.31. The summed E-state index contributed by atoms with van der Waals surface area (Å²) in [4.78, 5) is 15.9. The van der Waals surface area contributed by atoms with Crippen molar-refractivity contribution in [2.75, 3.05) is 43.4 Å². The Morgan fingerprint density at radius 1 is 1.00 bits per heavy atom.